The summed E-state index contributed by atoms with van der Waals surface area (Å²) in [5, 5.41) is 0. The fourth-order valence-electron chi connectivity index (χ4n) is 2.23. The van der Waals surface area contributed by atoms with Gasteiger partial charge < -0.3 is 4.98 Å². The van der Waals surface area contributed by atoms with Gasteiger partial charge in [0.2, 0.25) is 0 Å². The van der Waals surface area contributed by atoms with E-state index in [0.717, 1.165) is 0 Å². The van der Waals surface area contributed by atoms with E-state index in [9.17, 15) is 4.39 Å². The molecule has 0 unspecified atom stereocenters. The number of aliphatic imine (C=N–C) groups is 1. The van der Waals surface area contributed by atoms with Crippen molar-refractivity contribution in [2.24, 2.45) is 4.99 Å². The molecule has 3 aromatic rings. The normalized spacial score (nSPS) is 11.6. The first-order valence-electron chi connectivity index (χ1n) is 6.57. The van der Waals surface area contributed by atoms with Crippen LogP contribution in [0.1, 0.15) is 18.3 Å². The highest BCUT2D eigenvalue weighted by molar-refractivity contribution is 5.88. The Hall–Kier alpha value is -2.63. The minimum absolute atomic E-state index is 0.308. The molecular weight excluding hydrogens is 269 g/mol. The highest BCUT2D eigenvalue weighted by Gasteiger charge is 2.14. The quantitative estimate of drug-likeness (QED) is 0.732. The van der Waals surface area contributed by atoms with E-state index in [0.29, 0.717) is 39.5 Å². The lowest BCUT2D eigenvalue weighted by Crippen LogP contribution is -1.95. The molecule has 0 radical (unpaired) electrons. The molecule has 1 N–H and O–H groups in total. The first-order chi connectivity index (χ1) is 10.1. The highest BCUT2D eigenvalue weighted by Crippen LogP contribution is 2.31. The Morgan fingerprint density at radius 2 is 2.05 bits per heavy atom. The van der Waals surface area contributed by atoms with Gasteiger partial charge in [-0.15, -0.1) is 0 Å². The second-order valence-electron chi connectivity index (χ2n) is 4.71. The van der Waals surface area contributed by atoms with Crippen LogP contribution in [0.15, 0.2) is 23.5 Å². The second-order valence-corrected chi connectivity index (χ2v) is 4.71. The Kier molecular flexibility index (Phi) is 3.21. The maximum absolute atomic E-state index is 14.1. The molecule has 5 nitrogen and oxygen atoms in total. The van der Waals surface area contributed by atoms with Crippen molar-refractivity contribution in [1.29, 1.82) is 0 Å². The summed E-state index contributed by atoms with van der Waals surface area (Å²) in [4.78, 5) is 20.0. The highest BCUT2D eigenvalue weighted by atomic mass is 19.1. The van der Waals surface area contributed by atoms with Gasteiger partial charge in [-0.05, 0) is 32.9 Å². The number of aryl methyl sites for hydroxylation is 1. The number of hydrogen-bond donors (Lipinski definition) is 1. The molecule has 2 aromatic heterocycles. The van der Waals surface area contributed by atoms with Gasteiger partial charge >= 0.3 is 0 Å². The van der Waals surface area contributed by atoms with E-state index in [1.807, 2.05) is 6.07 Å². The third-order valence-electron chi connectivity index (χ3n) is 3.26. The summed E-state index contributed by atoms with van der Waals surface area (Å²) in [5.41, 5.74) is 3.65. The number of nitrogens with one attached hydrogen (secondary N) is 1. The lowest BCUT2D eigenvalue weighted by atomic mass is 10.1. The van der Waals surface area contributed by atoms with Crippen LogP contribution in [0.25, 0.3) is 22.4 Å². The van der Waals surface area contributed by atoms with E-state index >= 15 is 0 Å². The van der Waals surface area contributed by atoms with E-state index in [1.165, 1.54) is 6.07 Å². The van der Waals surface area contributed by atoms with Crippen LogP contribution in [0.4, 0.5) is 10.1 Å². The van der Waals surface area contributed by atoms with Crippen molar-refractivity contribution in [2.45, 2.75) is 20.8 Å². The zero-order chi connectivity index (χ0) is 15.0. The number of fused-ring (bicyclic) bond motifs is 1. The van der Waals surface area contributed by atoms with Crippen LogP contribution in [-0.2, 0) is 0 Å². The van der Waals surface area contributed by atoms with E-state index in [2.05, 4.69) is 24.9 Å². The lowest BCUT2D eigenvalue weighted by molar-refractivity contribution is 0.619. The molecular formula is C15H14FN5. The zero-order valence-corrected chi connectivity index (χ0v) is 12.0. The van der Waals surface area contributed by atoms with E-state index in [1.54, 1.807) is 33.3 Å². The van der Waals surface area contributed by atoms with Crippen molar-refractivity contribution in [2.75, 3.05) is 0 Å². The van der Waals surface area contributed by atoms with Crippen LogP contribution in [0.2, 0.25) is 0 Å². The Balaban J connectivity index is 2.30. The Labute approximate surface area is 121 Å². The van der Waals surface area contributed by atoms with Crippen molar-refractivity contribution in [3.8, 4) is 11.3 Å². The summed E-state index contributed by atoms with van der Waals surface area (Å²) in [6.07, 6.45) is 3.19. The Morgan fingerprint density at radius 1 is 1.24 bits per heavy atom. The van der Waals surface area contributed by atoms with E-state index < -0.39 is 0 Å². The van der Waals surface area contributed by atoms with Gasteiger partial charge in [-0.1, -0.05) is 0 Å². The average Bonchev–Trinajstić information content (AvgIpc) is 2.91. The van der Waals surface area contributed by atoms with E-state index in [4.69, 9.17) is 0 Å². The van der Waals surface area contributed by atoms with Crippen molar-refractivity contribution < 1.29 is 4.39 Å². The number of aromatic amines is 1. The van der Waals surface area contributed by atoms with Gasteiger partial charge in [0, 0.05) is 17.3 Å². The maximum atomic E-state index is 14.1. The molecule has 0 saturated carbocycles. The van der Waals surface area contributed by atoms with Crippen molar-refractivity contribution >= 4 is 23.1 Å². The summed E-state index contributed by atoms with van der Waals surface area (Å²) < 4.78 is 14.1. The van der Waals surface area contributed by atoms with Gasteiger partial charge in [-0.2, -0.15) is 0 Å². The van der Waals surface area contributed by atoms with Crippen molar-refractivity contribution in [1.82, 2.24) is 19.9 Å². The molecule has 1 aromatic carbocycles. The molecule has 0 bridgehead atoms. The van der Waals surface area contributed by atoms with Crippen molar-refractivity contribution in [3.63, 3.8) is 0 Å². The molecule has 0 aliphatic heterocycles. The molecule has 2 heterocycles. The van der Waals surface area contributed by atoms with Gasteiger partial charge in [0.05, 0.1) is 17.7 Å². The number of benzene rings is 1. The zero-order valence-electron chi connectivity index (χ0n) is 12.0. The second kappa shape index (κ2) is 5.05. The van der Waals surface area contributed by atoms with Crippen LogP contribution in [-0.4, -0.2) is 26.2 Å². The molecule has 3 rings (SSSR count). The van der Waals surface area contributed by atoms with Crippen LogP contribution in [0.3, 0.4) is 0 Å². The number of rotatable bonds is 2. The summed E-state index contributed by atoms with van der Waals surface area (Å²) >= 11 is 0. The van der Waals surface area contributed by atoms with Gasteiger partial charge in [0.25, 0.3) is 0 Å². The smallest absolute Gasteiger partial charge is 0.181 e. The van der Waals surface area contributed by atoms with Crippen LogP contribution < -0.4 is 0 Å². The molecule has 0 aliphatic rings. The predicted octanol–water partition coefficient (Wildman–Crippen LogP) is 3.50. The molecule has 0 spiro atoms. The molecule has 0 aliphatic carbocycles. The molecule has 0 amide bonds. The fourth-order valence-corrected chi connectivity index (χ4v) is 2.23. The SMILES string of the molecule is CC=Nc1cc(-c2nc(C)nc3nc[nH]c23)cc(F)c1C. The molecule has 0 atom stereocenters. The average molecular weight is 283 g/mol. The largest absolute Gasteiger partial charge is 0.341 e. The first kappa shape index (κ1) is 13.4. The van der Waals surface area contributed by atoms with Gasteiger partial charge in [0.1, 0.15) is 17.2 Å². The van der Waals surface area contributed by atoms with Gasteiger partial charge in [0.15, 0.2) is 5.65 Å². The Bertz CT molecular complexity index is 851. The summed E-state index contributed by atoms with van der Waals surface area (Å²) in [7, 11) is 0. The van der Waals surface area contributed by atoms with Crippen LogP contribution in [0.5, 0.6) is 0 Å². The molecule has 0 fully saturated rings. The Morgan fingerprint density at radius 3 is 2.81 bits per heavy atom. The third-order valence-corrected chi connectivity index (χ3v) is 3.26. The van der Waals surface area contributed by atoms with Crippen LogP contribution in [0, 0.1) is 19.7 Å². The topological polar surface area (TPSA) is 66.8 Å². The monoisotopic (exact) mass is 283 g/mol. The predicted molar refractivity (Wildman–Crippen MR) is 80.4 cm³/mol. The number of halogens is 1. The summed E-state index contributed by atoms with van der Waals surface area (Å²) in [5.74, 6) is 0.281. The molecule has 21 heavy (non-hydrogen) atoms. The van der Waals surface area contributed by atoms with E-state index in [-0.39, 0.29) is 5.82 Å². The minimum Gasteiger partial charge on any atom is -0.341 e. The number of H-pyrrole nitrogens is 1. The number of aromatic nitrogens is 4. The standard InChI is InChI=1S/C15H14FN5/c1-4-17-12-6-10(5-11(16)8(12)2)13-14-15(19-7-18-14)21-9(3)20-13/h4-7H,1-3H3,(H,18,19,20,21). The lowest BCUT2D eigenvalue weighted by Gasteiger charge is -2.08. The van der Waals surface area contributed by atoms with Crippen molar-refractivity contribution in [3.05, 3.63) is 35.7 Å². The number of imidazole rings is 1. The molecule has 6 heteroatoms. The number of nitrogens with zero attached hydrogens (tertiary/aromatic N) is 4. The molecule has 0 saturated heterocycles. The first-order valence-corrected chi connectivity index (χ1v) is 6.57. The third kappa shape index (κ3) is 2.29. The van der Waals surface area contributed by atoms with Gasteiger partial charge in [-0.25, -0.2) is 19.3 Å². The summed E-state index contributed by atoms with van der Waals surface area (Å²) in [6, 6.07) is 3.28. The number of hydrogen-bond acceptors (Lipinski definition) is 4. The van der Waals surface area contributed by atoms with Gasteiger partial charge in [-0.3, -0.25) is 4.99 Å². The fraction of sp³-hybridized carbons (Fsp3) is 0.200. The molecule has 106 valence electrons. The minimum atomic E-state index is -0.308. The summed E-state index contributed by atoms with van der Waals surface area (Å²) in [6.45, 7) is 5.29. The maximum Gasteiger partial charge on any atom is 0.181 e. The van der Waals surface area contributed by atoms with Crippen LogP contribution >= 0.6 is 0 Å².